The number of Topliss-reactive ketones (excluding diaryl/α,β-unsaturated/α-hetero) is 1. The number of phosphoric acid groups is 3. The molecular weight excluding hydrogens is 1390 g/mol. The molecule has 12 rings (SSSR count). The first-order valence-electron chi connectivity index (χ1n) is 32.6. The first-order chi connectivity index (χ1) is 49.1. The van der Waals surface area contributed by atoms with Gasteiger partial charge in [-0.05, 0) is 110 Å². The summed E-state index contributed by atoms with van der Waals surface area (Å²) in [5.41, 5.74) is 33.5. The number of nitrogens with one attached hydrogen (secondary N) is 2. The Morgan fingerprint density at radius 1 is 0.873 bits per heavy atom. The number of carbonyl (C=O) groups excluding carboxylic acids is 3. The highest BCUT2D eigenvalue weighted by Crippen LogP contribution is 2.66. The van der Waals surface area contributed by atoms with Crippen LogP contribution < -0.4 is 45.9 Å². The van der Waals surface area contributed by atoms with Crippen LogP contribution in [0, 0.1) is 11.8 Å². The number of carboxylic acid groups (broad SMARTS) is 1. The SMILES string of the molecule is [N-]=[N+]=NCOC1C[C@H](n2cc(C#CCNC(=O)COCCOC(COc3cccc(C(=O)NCCCC(=O)c4ccc(C(=O)O)c(C5=c6cc7c8c(c6Oc6c5cc5c9c6CCCN9CCC5)CCC[N+]=8CCC7)c4)c3)N=[N+]=[N-])c3c(N)ncnc32)O[C@@H]1COP(=O)(O)OP(=O)(O)OP(=O)(O)O. The molecule has 0 bridgehead atoms. The normalized spacial score (nSPS) is 18.6. The Morgan fingerprint density at radius 2 is 1.67 bits per heavy atom. The number of ether oxygens (including phenoxy) is 6. The van der Waals surface area contributed by atoms with E-state index in [2.05, 4.69) is 82.7 Å². The summed E-state index contributed by atoms with van der Waals surface area (Å²) in [7, 11) is -17.1. The largest absolute Gasteiger partial charge is 0.491 e. The summed E-state index contributed by atoms with van der Waals surface area (Å²) in [4.78, 5) is 107. The first-order valence-corrected chi connectivity index (χ1v) is 37.1. The fourth-order valence-electron chi connectivity index (χ4n) is 13.7. The van der Waals surface area contributed by atoms with Crippen molar-refractivity contribution in [1.82, 2.24) is 29.7 Å². The number of nitrogen functional groups attached to an aromatic ring is 1. The molecule has 102 heavy (non-hydrogen) atoms. The molecule has 1 saturated heterocycles. The minimum atomic E-state index is -5.83. The summed E-state index contributed by atoms with van der Waals surface area (Å²) >= 11 is 0. The molecule has 38 heteroatoms. The lowest BCUT2D eigenvalue weighted by Gasteiger charge is -2.39. The molecule has 2 aromatic heterocycles. The van der Waals surface area contributed by atoms with Gasteiger partial charge < -0.3 is 78.9 Å². The van der Waals surface area contributed by atoms with Crippen LogP contribution in [-0.4, -0.2) is 160 Å². The monoisotopic (exact) mass is 1460 g/mol. The van der Waals surface area contributed by atoms with Crippen LogP contribution in [0.3, 0.4) is 0 Å². The Labute approximate surface area is 580 Å². The molecule has 0 saturated carbocycles. The average molecular weight is 1460 g/mol. The van der Waals surface area contributed by atoms with E-state index < -0.39 is 85.9 Å². The van der Waals surface area contributed by atoms with Gasteiger partial charge in [0.1, 0.15) is 80.4 Å². The van der Waals surface area contributed by atoms with Gasteiger partial charge in [0.2, 0.25) is 11.3 Å². The molecule has 0 aliphatic carbocycles. The van der Waals surface area contributed by atoms with Crippen molar-refractivity contribution >= 4 is 75.1 Å². The molecule has 0 radical (unpaired) electrons. The fraction of sp³-hybridized carbons (Fsp3) is 0.422. The highest BCUT2D eigenvalue weighted by atomic mass is 31.3. The van der Waals surface area contributed by atoms with Gasteiger partial charge in [-0.2, -0.15) is 8.62 Å². The minimum absolute atomic E-state index is 0.00468. The molecule has 6 aromatic rings. The fourth-order valence-corrected chi connectivity index (χ4v) is 16.7. The third-order valence-electron chi connectivity index (χ3n) is 17.8. The molecular formula is C64H70N14O21P3+. The van der Waals surface area contributed by atoms with E-state index in [0.29, 0.717) is 11.1 Å². The van der Waals surface area contributed by atoms with Crippen molar-refractivity contribution in [3.63, 3.8) is 0 Å². The molecule has 9 N–H and O–H groups in total. The van der Waals surface area contributed by atoms with Gasteiger partial charge in [-0.25, -0.2) is 33.0 Å². The number of amides is 2. The van der Waals surface area contributed by atoms with Gasteiger partial charge in [-0.1, -0.05) is 34.2 Å². The second-order valence-electron chi connectivity index (χ2n) is 24.4. The van der Waals surface area contributed by atoms with Gasteiger partial charge in [0, 0.05) is 106 Å². The number of hydrogen-bond donors (Lipinski definition) is 8. The Morgan fingerprint density at radius 3 is 2.46 bits per heavy atom. The maximum Gasteiger partial charge on any atom is 0.490 e. The Bertz CT molecular complexity index is 4790. The summed E-state index contributed by atoms with van der Waals surface area (Å²) in [6.45, 7) is 1.52. The van der Waals surface area contributed by atoms with E-state index >= 15 is 0 Å². The van der Waals surface area contributed by atoms with E-state index in [1.54, 1.807) is 30.3 Å². The van der Waals surface area contributed by atoms with E-state index in [9.17, 15) is 53.3 Å². The van der Waals surface area contributed by atoms with Crippen LogP contribution in [0.5, 0.6) is 17.2 Å². The molecule has 0 spiro atoms. The highest BCUT2D eigenvalue weighted by Gasteiger charge is 2.45. The zero-order valence-electron chi connectivity index (χ0n) is 54.5. The minimum Gasteiger partial charge on any atom is -0.491 e. The van der Waals surface area contributed by atoms with Crippen LogP contribution in [0.2, 0.25) is 0 Å². The van der Waals surface area contributed by atoms with Crippen molar-refractivity contribution in [2.75, 3.05) is 89.7 Å². The van der Waals surface area contributed by atoms with Crippen molar-refractivity contribution in [2.45, 2.75) is 95.3 Å². The zero-order valence-corrected chi connectivity index (χ0v) is 57.2. The van der Waals surface area contributed by atoms with Crippen LogP contribution in [-0.2, 0) is 76.3 Å². The number of ketones is 1. The molecule has 6 atom stereocenters. The molecule has 6 aliphatic heterocycles. The van der Waals surface area contributed by atoms with E-state index in [1.807, 2.05) is 0 Å². The maximum atomic E-state index is 14.2. The van der Waals surface area contributed by atoms with Gasteiger partial charge in [0.25, 0.3) is 5.91 Å². The van der Waals surface area contributed by atoms with Crippen molar-refractivity contribution in [3.8, 4) is 29.1 Å². The average Bonchev–Trinajstić information content (AvgIpc) is 1.13. The molecule has 4 unspecified atom stereocenters. The standard InChI is InChI=1S/C64H69N14O21P3/c65-61-55-41(31-78(62(55)71-35-70-61)54-30-50(94-36-72-74-66)51(96-54)32-95-101(87,88)99-102(89,90)98-100(84,85)86)9-2-18-68-52(80)33-91-24-25-92-53(73-75-67)34-93-42-12-1-8-40(26-42)63(81)69-19-3-15-49(79)37-16-17-43(64(82)83)46(27-37)56-47-28-38-10-4-20-76-22-6-13-44(57(38)76)59(47)97-60-45-14-7-23-77-21-5-11-39(58(45)77)29-48(56)60/h1,8,12,16-17,26-29,31,35,50-51,53-54H,3-7,10-11,13-15,18-25,30,32-34,36H2,(H8-,65,68,69,70,71,80,81,82,83,84,85,86,87,88,89,90)/p+1/t50?,51-,53?,54-/m1/s1. The lowest BCUT2D eigenvalue weighted by atomic mass is 9.81. The second kappa shape index (κ2) is 31.6. The number of aryl methyl sites for hydroxylation is 2. The van der Waals surface area contributed by atoms with E-state index in [0.717, 1.165) is 123 Å². The van der Waals surface area contributed by atoms with Crippen LogP contribution in [0.25, 0.3) is 37.5 Å². The Balaban J connectivity index is 0.611. The summed E-state index contributed by atoms with van der Waals surface area (Å²) in [6.07, 6.45) is 5.90. The number of rotatable bonds is 30. The van der Waals surface area contributed by atoms with Crippen LogP contribution in [0.15, 0.2) is 77.3 Å². The molecule has 6 aliphatic rings. The van der Waals surface area contributed by atoms with E-state index in [4.69, 9.17) is 54.0 Å². The van der Waals surface area contributed by atoms with Gasteiger partial charge in [-0.15, -0.1) is 0 Å². The number of aromatic nitrogens is 3. The number of carbonyl (C=O) groups is 4. The number of aromatic carboxylic acids is 1. The summed E-state index contributed by atoms with van der Waals surface area (Å²) < 4.78 is 87.4. The molecule has 35 nitrogen and oxygen atoms in total. The quantitative estimate of drug-likeness (QED) is 0.00372. The number of hydrogen-bond acceptors (Lipinski definition) is 22. The van der Waals surface area contributed by atoms with Gasteiger partial charge >= 0.3 is 29.4 Å². The lowest BCUT2D eigenvalue weighted by molar-refractivity contribution is -0.126. The Hall–Kier alpha value is -9.12. The third kappa shape index (κ3) is 16.8. The Kier molecular flexibility index (Phi) is 22.5. The van der Waals surface area contributed by atoms with Crippen molar-refractivity contribution in [2.24, 2.45) is 10.2 Å². The highest BCUT2D eigenvalue weighted by molar-refractivity contribution is 7.66. The summed E-state index contributed by atoms with van der Waals surface area (Å²) in [6, 6.07) is 15.5. The second-order valence-corrected chi connectivity index (χ2v) is 28.8. The van der Waals surface area contributed by atoms with Crippen molar-refractivity contribution in [1.29, 1.82) is 0 Å². The molecule has 8 heterocycles. The lowest BCUT2D eigenvalue weighted by Crippen LogP contribution is -2.45. The number of phosphoric ester groups is 1. The number of nitrogens with two attached hydrogens (primary N) is 1. The smallest absolute Gasteiger partial charge is 0.490 e. The van der Waals surface area contributed by atoms with Gasteiger partial charge in [-0.3, -0.25) is 18.9 Å². The number of benzene rings is 4. The van der Waals surface area contributed by atoms with Gasteiger partial charge in [0.05, 0.1) is 54.5 Å². The predicted octanol–water partition coefficient (Wildman–Crippen LogP) is 6.04. The van der Waals surface area contributed by atoms with E-state index in [-0.39, 0.29) is 97.2 Å². The number of anilines is 2. The number of azide groups is 2. The molecule has 2 amide bonds. The number of nitrogens with zero attached hydrogens (tertiary/aromatic N) is 11. The first kappa shape index (κ1) is 72.7. The third-order valence-corrected chi connectivity index (χ3v) is 21.6. The van der Waals surface area contributed by atoms with Crippen LogP contribution in [0.4, 0.5) is 11.5 Å². The summed E-state index contributed by atoms with van der Waals surface area (Å²) in [5.74, 6) is 5.19. The molecule has 1 fully saturated rings. The van der Waals surface area contributed by atoms with Crippen molar-refractivity contribution in [3.05, 3.63) is 154 Å². The molecule has 4 aromatic carbocycles. The zero-order chi connectivity index (χ0) is 71.9. The summed E-state index contributed by atoms with van der Waals surface area (Å²) in [5, 5.41) is 25.6. The topological polar surface area (TPSA) is 488 Å². The van der Waals surface area contributed by atoms with Crippen LogP contribution in [0.1, 0.15) is 121 Å². The number of carboxylic acids is 1. The van der Waals surface area contributed by atoms with E-state index in [1.165, 1.54) is 45.1 Å². The van der Waals surface area contributed by atoms with Crippen LogP contribution >= 0.6 is 23.5 Å². The van der Waals surface area contributed by atoms with Gasteiger partial charge in [0.15, 0.2) is 12.0 Å². The van der Waals surface area contributed by atoms with Crippen molar-refractivity contribution < 1.29 is 99.1 Å². The predicted molar refractivity (Wildman–Crippen MR) is 360 cm³/mol. The maximum absolute atomic E-state index is 14.2. The number of fused-ring (bicyclic) bond motifs is 5. The molecule has 536 valence electrons.